The minimum atomic E-state index is -3.81. The van der Waals surface area contributed by atoms with Crippen LogP contribution in [0.15, 0.2) is 47.6 Å². The van der Waals surface area contributed by atoms with Crippen LogP contribution in [0.4, 0.5) is 4.79 Å². The quantitative estimate of drug-likeness (QED) is 0.748. The number of urea groups is 1. The van der Waals surface area contributed by atoms with E-state index < -0.39 is 21.1 Å². The van der Waals surface area contributed by atoms with Gasteiger partial charge in [-0.1, -0.05) is 13.0 Å². The number of amides is 2. The van der Waals surface area contributed by atoms with Gasteiger partial charge in [0.2, 0.25) is 6.79 Å². The molecule has 2 N–H and O–H groups in total. The normalized spacial score (nSPS) is 13.8. The Labute approximate surface area is 157 Å². The average molecular weight is 391 g/mol. The zero-order chi connectivity index (χ0) is 19.3. The fourth-order valence-corrected chi connectivity index (χ4v) is 4.34. The van der Waals surface area contributed by atoms with Gasteiger partial charge < -0.3 is 20.1 Å². The number of benzene rings is 1. The molecule has 0 saturated heterocycles. The highest BCUT2D eigenvalue weighted by molar-refractivity contribution is 7.91. The van der Waals surface area contributed by atoms with Crippen LogP contribution < -0.4 is 20.1 Å². The van der Waals surface area contributed by atoms with E-state index in [0.717, 1.165) is 6.42 Å². The zero-order valence-electron chi connectivity index (χ0n) is 14.8. The highest BCUT2D eigenvalue weighted by Crippen LogP contribution is 2.37. The smallest absolute Gasteiger partial charge is 0.314 e. The number of rotatable bonds is 7. The second-order valence-corrected chi connectivity index (χ2v) is 8.10. The van der Waals surface area contributed by atoms with Crippen molar-refractivity contribution in [1.82, 2.24) is 15.6 Å². The summed E-state index contributed by atoms with van der Waals surface area (Å²) in [4.78, 5) is 16.0. The molecule has 3 rings (SSSR count). The summed E-state index contributed by atoms with van der Waals surface area (Å²) in [5, 5.41) is 4.31. The number of sulfone groups is 1. The molecule has 1 aliphatic heterocycles. The van der Waals surface area contributed by atoms with Crippen molar-refractivity contribution in [2.75, 3.05) is 19.9 Å². The van der Waals surface area contributed by atoms with Gasteiger partial charge >= 0.3 is 6.03 Å². The van der Waals surface area contributed by atoms with E-state index in [4.69, 9.17) is 9.47 Å². The number of carbonyl (C=O) groups excluding carboxylic acids is 1. The van der Waals surface area contributed by atoms with Crippen LogP contribution >= 0.6 is 0 Å². The van der Waals surface area contributed by atoms with Gasteiger partial charge in [0.05, 0.1) is 4.90 Å². The summed E-state index contributed by atoms with van der Waals surface area (Å²) in [6.07, 6.45) is 3.84. The first-order valence-corrected chi connectivity index (χ1v) is 10.1. The van der Waals surface area contributed by atoms with Gasteiger partial charge in [0.15, 0.2) is 21.3 Å². The number of carbonyl (C=O) groups is 1. The minimum absolute atomic E-state index is 0.0595. The Balaban J connectivity index is 1.88. The Morgan fingerprint density at radius 3 is 2.78 bits per heavy atom. The topological polar surface area (TPSA) is 107 Å². The molecule has 0 saturated carbocycles. The SMILES string of the molecule is CCCNC(=O)NC[C@@H](c1cccnc1)S(=O)(=O)c1ccc2c(c1)OCO2. The third-order valence-electron chi connectivity index (χ3n) is 4.09. The van der Waals surface area contributed by atoms with E-state index in [9.17, 15) is 13.2 Å². The van der Waals surface area contributed by atoms with Gasteiger partial charge in [-0.3, -0.25) is 4.98 Å². The molecule has 9 heteroatoms. The lowest BCUT2D eigenvalue weighted by atomic mass is 10.2. The van der Waals surface area contributed by atoms with Crippen LogP contribution in [0.25, 0.3) is 0 Å². The summed E-state index contributed by atoms with van der Waals surface area (Å²) in [6, 6.07) is 7.41. The maximum absolute atomic E-state index is 13.3. The summed E-state index contributed by atoms with van der Waals surface area (Å²) in [5.41, 5.74) is 0.492. The van der Waals surface area contributed by atoms with Crippen LogP contribution in [-0.2, 0) is 9.84 Å². The van der Waals surface area contributed by atoms with Gasteiger partial charge in [-0.15, -0.1) is 0 Å². The molecule has 1 aromatic heterocycles. The van der Waals surface area contributed by atoms with Gasteiger partial charge in [0.25, 0.3) is 0 Å². The van der Waals surface area contributed by atoms with Crippen LogP contribution in [0.5, 0.6) is 11.5 Å². The monoisotopic (exact) mass is 391 g/mol. The maximum Gasteiger partial charge on any atom is 0.314 e. The lowest BCUT2D eigenvalue weighted by Gasteiger charge is -2.19. The Kier molecular flexibility index (Phi) is 5.80. The Morgan fingerprint density at radius 1 is 1.22 bits per heavy atom. The molecule has 144 valence electrons. The number of hydrogen-bond acceptors (Lipinski definition) is 6. The molecular formula is C18H21N3O5S. The largest absolute Gasteiger partial charge is 0.454 e. The van der Waals surface area contributed by atoms with Gasteiger partial charge in [0.1, 0.15) is 5.25 Å². The summed E-state index contributed by atoms with van der Waals surface area (Å²) in [7, 11) is -3.81. The summed E-state index contributed by atoms with van der Waals surface area (Å²) in [5.74, 6) is 0.888. The van der Waals surface area contributed by atoms with Gasteiger partial charge in [-0.2, -0.15) is 0 Å². The number of aromatic nitrogens is 1. The summed E-state index contributed by atoms with van der Waals surface area (Å²) >= 11 is 0. The van der Waals surface area contributed by atoms with Crippen molar-refractivity contribution in [3.05, 3.63) is 48.3 Å². The predicted molar refractivity (Wildman–Crippen MR) is 98.4 cm³/mol. The van der Waals surface area contributed by atoms with Gasteiger partial charge in [-0.05, 0) is 30.2 Å². The van der Waals surface area contributed by atoms with Gasteiger partial charge in [-0.25, -0.2) is 13.2 Å². The minimum Gasteiger partial charge on any atom is -0.454 e. The van der Waals surface area contributed by atoms with E-state index in [0.29, 0.717) is 23.6 Å². The Hall–Kier alpha value is -2.81. The lowest BCUT2D eigenvalue weighted by molar-refractivity contribution is 0.174. The molecule has 0 aliphatic carbocycles. The van der Waals surface area contributed by atoms with Crippen LogP contribution in [0, 0.1) is 0 Å². The standard InChI is InChI=1S/C18H21N3O5S/c1-2-7-20-18(22)21-11-17(13-4-3-8-19-10-13)27(23,24)14-5-6-15-16(9-14)26-12-25-15/h3-6,8-10,17H,2,7,11-12H2,1H3,(H2,20,21,22)/t17-/m0/s1. The summed E-state index contributed by atoms with van der Waals surface area (Å²) in [6.45, 7) is 2.42. The van der Waals surface area contributed by atoms with Crippen LogP contribution in [0.2, 0.25) is 0 Å². The number of ether oxygens (including phenoxy) is 2. The molecule has 0 radical (unpaired) electrons. The molecule has 1 aliphatic rings. The molecule has 27 heavy (non-hydrogen) atoms. The fourth-order valence-electron chi connectivity index (χ4n) is 2.68. The second kappa shape index (κ2) is 8.26. The molecule has 2 amide bonds. The van der Waals surface area contributed by atoms with Crippen molar-refractivity contribution < 1.29 is 22.7 Å². The molecular weight excluding hydrogens is 370 g/mol. The van der Waals surface area contributed by atoms with E-state index >= 15 is 0 Å². The van der Waals surface area contributed by atoms with Crippen molar-refractivity contribution in [1.29, 1.82) is 0 Å². The van der Waals surface area contributed by atoms with Crippen LogP contribution in [-0.4, -0.2) is 39.3 Å². The van der Waals surface area contributed by atoms with E-state index in [2.05, 4.69) is 15.6 Å². The summed E-state index contributed by atoms with van der Waals surface area (Å²) < 4.78 is 37.0. The third-order valence-corrected chi connectivity index (χ3v) is 6.19. The molecule has 0 spiro atoms. The second-order valence-electron chi connectivity index (χ2n) is 5.97. The molecule has 8 nitrogen and oxygen atoms in total. The number of fused-ring (bicyclic) bond motifs is 1. The van der Waals surface area contributed by atoms with Crippen molar-refractivity contribution in [3.63, 3.8) is 0 Å². The molecule has 0 unspecified atom stereocenters. The molecule has 2 aromatic rings. The van der Waals surface area contributed by atoms with Gasteiger partial charge in [0, 0.05) is 31.5 Å². The molecule has 2 heterocycles. The third kappa shape index (κ3) is 4.30. The molecule has 0 bridgehead atoms. The average Bonchev–Trinajstić information content (AvgIpc) is 3.15. The van der Waals surface area contributed by atoms with E-state index in [1.807, 2.05) is 6.92 Å². The maximum atomic E-state index is 13.3. The van der Waals surface area contributed by atoms with Crippen LogP contribution in [0.1, 0.15) is 24.2 Å². The molecule has 1 aromatic carbocycles. The highest BCUT2D eigenvalue weighted by Gasteiger charge is 2.31. The van der Waals surface area contributed by atoms with E-state index in [-0.39, 0.29) is 18.2 Å². The number of nitrogens with zero attached hydrogens (tertiary/aromatic N) is 1. The zero-order valence-corrected chi connectivity index (χ0v) is 15.7. The molecule has 0 fully saturated rings. The van der Waals surface area contributed by atoms with Crippen molar-refractivity contribution in [2.24, 2.45) is 0 Å². The first kappa shape index (κ1) is 19.0. The van der Waals surface area contributed by atoms with Crippen molar-refractivity contribution >= 4 is 15.9 Å². The lowest BCUT2D eigenvalue weighted by Crippen LogP contribution is -2.39. The first-order chi connectivity index (χ1) is 13.0. The Bertz CT molecular complexity index is 902. The van der Waals surface area contributed by atoms with Crippen LogP contribution in [0.3, 0.4) is 0 Å². The highest BCUT2D eigenvalue weighted by atomic mass is 32.2. The fraction of sp³-hybridized carbons (Fsp3) is 0.333. The van der Waals surface area contributed by atoms with E-state index in [1.165, 1.54) is 18.3 Å². The van der Waals surface area contributed by atoms with Crippen molar-refractivity contribution in [2.45, 2.75) is 23.5 Å². The molecule has 1 atom stereocenters. The predicted octanol–water partition coefficient (Wildman–Crippen LogP) is 2.03. The number of nitrogens with one attached hydrogen (secondary N) is 2. The van der Waals surface area contributed by atoms with E-state index in [1.54, 1.807) is 24.4 Å². The first-order valence-electron chi connectivity index (χ1n) is 8.57. The van der Waals surface area contributed by atoms with Crippen molar-refractivity contribution in [3.8, 4) is 11.5 Å². The Morgan fingerprint density at radius 2 is 2.04 bits per heavy atom. The number of pyridine rings is 1. The number of hydrogen-bond donors (Lipinski definition) is 2.